The quantitative estimate of drug-likeness (QED) is 0.894. The van der Waals surface area contributed by atoms with Gasteiger partial charge >= 0.3 is 0 Å². The highest BCUT2D eigenvalue weighted by Crippen LogP contribution is 2.23. The molecule has 0 aromatic carbocycles. The first-order valence-electron chi connectivity index (χ1n) is 8.20. The van der Waals surface area contributed by atoms with E-state index in [1.807, 2.05) is 25.9 Å². The number of likely N-dealkylation sites (N-methyl/N-ethyl adjacent to an activating group) is 1. The second-order valence-electron chi connectivity index (χ2n) is 6.43. The van der Waals surface area contributed by atoms with Crippen LogP contribution in [-0.4, -0.2) is 61.4 Å². The Labute approximate surface area is 137 Å². The van der Waals surface area contributed by atoms with E-state index in [9.17, 15) is 9.59 Å². The van der Waals surface area contributed by atoms with E-state index >= 15 is 0 Å². The van der Waals surface area contributed by atoms with Crippen LogP contribution in [0.15, 0.2) is 10.5 Å². The van der Waals surface area contributed by atoms with Crippen molar-refractivity contribution in [2.75, 3.05) is 33.7 Å². The molecular formula is C17H27N3O3. The van der Waals surface area contributed by atoms with Crippen LogP contribution in [0.3, 0.4) is 0 Å². The molecule has 1 saturated heterocycles. The van der Waals surface area contributed by atoms with Crippen molar-refractivity contribution in [1.29, 1.82) is 0 Å². The average Bonchev–Trinajstić information content (AvgIpc) is 2.84. The molecule has 1 N–H and O–H groups in total. The molecule has 1 aliphatic heterocycles. The molecule has 6 heteroatoms. The number of aryl methyl sites for hydroxylation is 2. The minimum Gasteiger partial charge on any atom is -0.466 e. The maximum atomic E-state index is 12.8. The minimum absolute atomic E-state index is 0.0576. The molecule has 1 aromatic rings. The lowest BCUT2D eigenvalue weighted by atomic mass is 10.00. The molecule has 1 aromatic heterocycles. The number of furan rings is 1. The van der Waals surface area contributed by atoms with Gasteiger partial charge in [-0.2, -0.15) is 0 Å². The Bertz CT molecular complexity index is 565. The fraction of sp³-hybridized carbons (Fsp3) is 0.647. The molecule has 1 fully saturated rings. The molecule has 2 amide bonds. The first-order chi connectivity index (χ1) is 10.9. The van der Waals surface area contributed by atoms with E-state index in [1.54, 1.807) is 17.9 Å². The lowest BCUT2D eigenvalue weighted by molar-refractivity contribution is -0.126. The number of carbonyl (C=O) groups is 2. The standard InChI is InChI=1S/C17H27N3O3/c1-12-11-14(13(2)23-12)17(22)20-9-6-5-7-15(20)16(21)18-8-10-19(3)4/h11,15H,5-10H2,1-4H3,(H,18,21). The number of likely N-dealkylation sites (tertiary alicyclic amines) is 1. The summed E-state index contributed by atoms with van der Waals surface area (Å²) in [4.78, 5) is 29.0. The van der Waals surface area contributed by atoms with Crippen molar-refractivity contribution in [1.82, 2.24) is 15.1 Å². The molecule has 128 valence electrons. The van der Waals surface area contributed by atoms with Crippen molar-refractivity contribution in [3.8, 4) is 0 Å². The summed E-state index contributed by atoms with van der Waals surface area (Å²) < 4.78 is 5.46. The molecule has 0 bridgehead atoms. The van der Waals surface area contributed by atoms with Gasteiger partial charge in [0.2, 0.25) is 5.91 Å². The SMILES string of the molecule is Cc1cc(C(=O)N2CCCCC2C(=O)NCCN(C)C)c(C)o1. The number of nitrogens with zero attached hydrogens (tertiary/aromatic N) is 2. The lowest BCUT2D eigenvalue weighted by Crippen LogP contribution is -2.52. The maximum absolute atomic E-state index is 12.8. The average molecular weight is 321 g/mol. The van der Waals surface area contributed by atoms with Gasteiger partial charge in [0.25, 0.3) is 5.91 Å². The van der Waals surface area contributed by atoms with Gasteiger partial charge in [-0.15, -0.1) is 0 Å². The van der Waals surface area contributed by atoms with E-state index in [2.05, 4.69) is 5.32 Å². The molecule has 0 radical (unpaired) electrons. The number of hydrogen-bond donors (Lipinski definition) is 1. The highest BCUT2D eigenvalue weighted by atomic mass is 16.3. The van der Waals surface area contributed by atoms with E-state index in [0.29, 0.717) is 24.4 Å². The van der Waals surface area contributed by atoms with Gasteiger partial charge in [0.05, 0.1) is 5.56 Å². The number of carbonyl (C=O) groups excluding carboxylic acids is 2. The van der Waals surface area contributed by atoms with Crippen molar-refractivity contribution in [3.05, 3.63) is 23.2 Å². The lowest BCUT2D eigenvalue weighted by Gasteiger charge is -2.34. The van der Waals surface area contributed by atoms with Gasteiger partial charge in [-0.25, -0.2) is 0 Å². The van der Waals surface area contributed by atoms with Gasteiger partial charge in [0.1, 0.15) is 17.6 Å². The predicted octanol–water partition coefficient (Wildman–Crippen LogP) is 1.57. The highest BCUT2D eigenvalue weighted by molar-refractivity contribution is 5.98. The molecule has 2 heterocycles. The number of nitrogens with one attached hydrogen (secondary N) is 1. The molecule has 0 saturated carbocycles. The van der Waals surface area contributed by atoms with Crippen LogP contribution in [-0.2, 0) is 4.79 Å². The minimum atomic E-state index is -0.381. The van der Waals surface area contributed by atoms with Gasteiger partial charge in [-0.05, 0) is 53.3 Å². The Balaban J connectivity index is 2.07. The smallest absolute Gasteiger partial charge is 0.258 e. The summed E-state index contributed by atoms with van der Waals surface area (Å²) in [5, 5.41) is 2.94. The van der Waals surface area contributed by atoms with Gasteiger partial charge in [-0.1, -0.05) is 0 Å². The summed E-state index contributed by atoms with van der Waals surface area (Å²) in [5.41, 5.74) is 0.565. The molecule has 6 nitrogen and oxygen atoms in total. The summed E-state index contributed by atoms with van der Waals surface area (Å²) in [6.07, 6.45) is 2.62. The fourth-order valence-electron chi connectivity index (χ4n) is 2.97. The van der Waals surface area contributed by atoms with Gasteiger partial charge < -0.3 is 19.5 Å². The predicted molar refractivity (Wildman–Crippen MR) is 88.4 cm³/mol. The van der Waals surface area contributed by atoms with Gasteiger partial charge in [0.15, 0.2) is 0 Å². The number of amides is 2. The van der Waals surface area contributed by atoms with E-state index in [0.717, 1.165) is 31.6 Å². The van der Waals surface area contributed by atoms with Crippen LogP contribution in [0.2, 0.25) is 0 Å². The van der Waals surface area contributed by atoms with Crippen LogP contribution < -0.4 is 5.32 Å². The topological polar surface area (TPSA) is 65.8 Å². The zero-order chi connectivity index (χ0) is 17.0. The van der Waals surface area contributed by atoms with E-state index in [-0.39, 0.29) is 17.9 Å². The molecule has 1 unspecified atom stereocenters. The van der Waals surface area contributed by atoms with Gasteiger partial charge in [0, 0.05) is 19.6 Å². The van der Waals surface area contributed by atoms with Crippen molar-refractivity contribution >= 4 is 11.8 Å². The third-order valence-corrected chi connectivity index (χ3v) is 4.20. The number of hydrogen-bond acceptors (Lipinski definition) is 4. The molecular weight excluding hydrogens is 294 g/mol. The zero-order valence-corrected chi connectivity index (χ0v) is 14.5. The van der Waals surface area contributed by atoms with Crippen LogP contribution in [0.4, 0.5) is 0 Å². The Morgan fingerprint density at radius 2 is 2.09 bits per heavy atom. The Hall–Kier alpha value is -1.82. The third kappa shape index (κ3) is 4.34. The molecule has 1 aliphatic rings. The van der Waals surface area contributed by atoms with Crippen molar-refractivity contribution in [3.63, 3.8) is 0 Å². The van der Waals surface area contributed by atoms with Crippen LogP contribution in [0.25, 0.3) is 0 Å². The van der Waals surface area contributed by atoms with Crippen molar-refractivity contribution in [2.45, 2.75) is 39.2 Å². The Kier molecular flexibility index (Phi) is 5.82. The Morgan fingerprint density at radius 3 is 2.70 bits per heavy atom. The highest BCUT2D eigenvalue weighted by Gasteiger charge is 2.33. The van der Waals surface area contributed by atoms with E-state index in [4.69, 9.17) is 4.42 Å². The number of piperidine rings is 1. The number of rotatable bonds is 5. The summed E-state index contributed by atoms with van der Waals surface area (Å²) in [6.45, 7) is 5.61. The van der Waals surface area contributed by atoms with Crippen LogP contribution in [0.1, 0.15) is 41.1 Å². The third-order valence-electron chi connectivity index (χ3n) is 4.20. The maximum Gasteiger partial charge on any atom is 0.258 e. The Morgan fingerprint density at radius 1 is 1.35 bits per heavy atom. The first-order valence-corrected chi connectivity index (χ1v) is 8.20. The van der Waals surface area contributed by atoms with E-state index < -0.39 is 0 Å². The fourth-order valence-corrected chi connectivity index (χ4v) is 2.97. The largest absolute Gasteiger partial charge is 0.466 e. The van der Waals surface area contributed by atoms with Gasteiger partial charge in [-0.3, -0.25) is 9.59 Å². The van der Waals surface area contributed by atoms with Crippen LogP contribution in [0.5, 0.6) is 0 Å². The summed E-state index contributed by atoms with van der Waals surface area (Å²) >= 11 is 0. The summed E-state index contributed by atoms with van der Waals surface area (Å²) in [6, 6.07) is 1.38. The summed E-state index contributed by atoms with van der Waals surface area (Å²) in [7, 11) is 3.93. The van der Waals surface area contributed by atoms with E-state index in [1.165, 1.54) is 0 Å². The van der Waals surface area contributed by atoms with Crippen molar-refractivity contribution < 1.29 is 14.0 Å². The molecule has 23 heavy (non-hydrogen) atoms. The zero-order valence-electron chi connectivity index (χ0n) is 14.5. The van der Waals surface area contributed by atoms with Crippen LogP contribution >= 0.6 is 0 Å². The second-order valence-corrected chi connectivity index (χ2v) is 6.43. The van der Waals surface area contributed by atoms with Crippen molar-refractivity contribution in [2.24, 2.45) is 0 Å². The molecule has 2 rings (SSSR count). The normalized spacial score (nSPS) is 18.3. The van der Waals surface area contributed by atoms with Crippen LogP contribution in [0, 0.1) is 13.8 Å². The second kappa shape index (κ2) is 7.64. The first kappa shape index (κ1) is 17.5. The molecule has 0 aliphatic carbocycles. The monoisotopic (exact) mass is 321 g/mol. The molecule has 1 atom stereocenters. The summed E-state index contributed by atoms with van der Waals surface area (Å²) in [5.74, 6) is 1.17. The molecule has 0 spiro atoms.